The lowest BCUT2D eigenvalue weighted by molar-refractivity contribution is -0.203. The van der Waals surface area contributed by atoms with E-state index in [1.807, 2.05) is 0 Å². The molecule has 0 saturated carbocycles. The fourth-order valence-electron chi connectivity index (χ4n) is 3.22. The molecule has 1 aliphatic rings. The zero-order chi connectivity index (χ0) is 26.7. The molecule has 36 heavy (non-hydrogen) atoms. The topological polar surface area (TPSA) is 167 Å². The Morgan fingerprint density at radius 2 is 2.00 bits per heavy atom. The lowest BCUT2D eigenvalue weighted by atomic mass is 10.1. The van der Waals surface area contributed by atoms with E-state index in [9.17, 15) is 19.8 Å². The van der Waals surface area contributed by atoms with Crippen LogP contribution >= 0.6 is 6.64 Å². The highest BCUT2D eigenvalue weighted by atomic mass is 32.5. The van der Waals surface area contributed by atoms with Gasteiger partial charge in [0.2, 0.25) is 0 Å². The Hall–Kier alpha value is -2.45. The molecule has 15 heteroatoms. The number of nitrogens with zero attached hydrogens (tertiary/aromatic N) is 2. The van der Waals surface area contributed by atoms with Crippen LogP contribution in [-0.2, 0) is 30.6 Å². The predicted octanol–water partition coefficient (Wildman–Crippen LogP) is 0.992. The maximum Gasteiger partial charge on any atom is 0.351 e. The van der Waals surface area contributed by atoms with E-state index in [1.165, 1.54) is 13.0 Å². The Morgan fingerprint density at radius 3 is 2.61 bits per heavy atom. The number of rotatable bonds is 10. The van der Waals surface area contributed by atoms with E-state index in [4.69, 9.17) is 36.1 Å². The third kappa shape index (κ3) is 6.65. The van der Waals surface area contributed by atoms with Gasteiger partial charge in [0.25, 0.3) is 5.85 Å². The first-order chi connectivity index (χ1) is 16.8. The van der Waals surface area contributed by atoms with Crippen LogP contribution in [-0.4, -0.2) is 62.5 Å². The third-order valence-electron chi connectivity index (χ3n) is 4.96. The number of aliphatic hydroxyl groups excluding tert-OH is 2. The van der Waals surface area contributed by atoms with Gasteiger partial charge < -0.3 is 34.5 Å². The van der Waals surface area contributed by atoms with E-state index in [0.717, 1.165) is 10.8 Å². The fourth-order valence-corrected chi connectivity index (χ4v) is 5.61. The van der Waals surface area contributed by atoms with Gasteiger partial charge in [-0.15, -0.1) is 0 Å². The highest BCUT2D eigenvalue weighted by molar-refractivity contribution is 8.09. The summed E-state index contributed by atoms with van der Waals surface area (Å²) in [5, 5.41) is 23.5. The second-order valence-corrected chi connectivity index (χ2v) is 11.4. The molecular weight excluding hydrogens is 518 g/mol. The summed E-state index contributed by atoms with van der Waals surface area (Å²) in [4.78, 5) is 27.9. The van der Waals surface area contributed by atoms with Gasteiger partial charge in [-0.1, -0.05) is 18.2 Å². The maximum atomic E-state index is 15.7. The number of hydrogen-bond donors (Lipinski definition) is 4. The van der Waals surface area contributed by atoms with E-state index in [2.05, 4.69) is 10.1 Å². The number of hydrogen-bond acceptors (Lipinski definition) is 11. The van der Waals surface area contributed by atoms with Gasteiger partial charge in [-0.25, -0.2) is 14.3 Å². The molecule has 0 bridgehead atoms. The molecule has 6 unspecified atom stereocenters. The van der Waals surface area contributed by atoms with Crippen molar-refractivity contribution in [1.82, 2.24) is 14.6 Å². The molecule has 12 nitrogen and oxygen atoms in total. The maximum absolute atomic E-state index is 15.7. The quantitative estimate of drug-likeness (QED) is 0.247. The van der Waals surface area contributed by atoms with E-state index in [0.29, 0.717) is 0 Å². The molecule has 1 fully saturated rings. The van der Waals surface area contributed by atoms with Crippen LogP contribution in [0.3, 0.4) is 0 Å². The highest BCUT2D eigenvalue weighted by Crippen LogP contribution is 2.48. The molecule has 5 N–H and O–H groups in total. The van der Waals surface area contributed by atoms with Crippen molar-refractivity contribution in [1.29, 1.82) is 0 Å². The molecule has 0 radical (unpaired) electrons. The number of halogens is 1. The standard InChI is InChI=1S/C21H28FN4O8PS/c1-12(2)32-19(29)13(3)25-35(36,34-14-7-5-4-6-8-14)31-11-21(22)17(28)16(27)18(33-21)26-10-9-15(23)24-20(26)30/h4-10,12-13,16-18,27-28H,11H2,1-3H3,(H,25,36)(H2,23,24,30). The summed E-state index contributed by atoms with van der Waals surface area (Å²) in [7, 11) is 0. The molecule has 2 heterocycles. The summed E-state index contributed by atoms with van der Waals surface area (Å²) in [6.07, 6.45) is -4.87. The van der Waals surface area contributed by atoms with Crippen LogP contribution in [0.15, 0.2) is 47.4 Å². The van der Waals surface area contributed by atoms with Gasteiger partial charge >= 0.3 is 18.3 Å². The number of anilines is 1. The minimum atomic E-state index is -3.67. The number of esters is 1. The molecule has 6 atom stereocenters. The van der Waals surface area contributed by atoms with Gasteiger partial charge in [-0.3, -0.25) is 9.36 Å². The van der Waals surface area contributed by atoms with E-state index < -0.39 is 61.3 Å². The summed E-state index contributed by atoms with van der Waals surface area (Å²) >= 11 is 5.51. The Balaban J connectivity index is 1.81. The van der Waals surface area contributed by atoms with Crippen molar-refractivity contribution in [3.8, 4) is 5.75 Å². The third-order valence-corrected chi connectivity index (χ3v) is 7.44. The first-order valence-electron chi connectivity index (χ1n) is 10.9. The lowest BCUT2D eigenvalue weighted by Gasteiger charge is -2.30. The molecular formula is C21H28FN4O8PS. The minimum Gasteiger partial charge on any atom is -0.462 e. The predicted molar refractivity (Wildman–Crippen MR) is 130 cm³/mol. The van der Waals surface area contributed by atoms with Crippen molar-refractivity contribution in [3.05, 3.63) is 53.1 Å². The molecule has 0 amide bonds. The average Bonchev–Trinajstić information content (AvgIpc) is 3.02. The van der Waals surface area contributed by atoms with Gasteiger partial charge in [0.1, 0.15) is 36.4 Å². The van der Waals surface area contributed by atoms with Crippen LogP contribution in [0.1, 0.15) is 27.0 Å². The van der Waals surface area contributed by atoms with Crippen molar-refractivity contribution >= 4 is 30.2 Å². The zero-order valence-corrected chi connectivity index (χ0v) is 21.4. The second-order valence-electron chi connectivity index (χ2n) is 8.28. The van der Waals surface area contributed by atoms with Gasteiger partial charge in [-0.05, 0) is 50.8 Å². The van der Waals surface area contributed by atoms with Gasteiger partial charge in [0, 0.05) is 6.20 Å². The first-order valence-corrected chi connectivity index (χ1v) is 13.5. The summed E-state index contributed by atoms with van der Waals surface area (Å²) in [5.41, 5.74) is 4.53. The van der Waals surface area contributed by atoms with Crippen LogP contribution in [0.5, 0.6) is 5.75 Å². The number of carbonyl (C=O) groups is 1. The SMILES string of the molecule is CC(C)OC(=O)C(C)NP(=S)(OCC1(F)OC(n2ccc(N)nc2=O)C(O)C1O)Oc1ccccc1. The number of ether oxygens (including phenoxy) is 2. The van der Waals surface area contributed by atoms with Crippen LogP contribution in [0.4, 0.5) is 10.2 Å². The highest BCUT2D eigenvalue weighted by Gasteiger charge is 2.57. The molecule has 1 aromatic carbocycles. The van der Waals surface area contributed by atoms with E-state index in [1.54, 1.807) is 44.2 Å². The first kappa shape index (κ1) is 28.1. The smallest absolute Gasteiger partial charge is 0.351 e. The number of aromatic nitrogens is 2. The molecule has 1 aromatic heterocycles. The van der Waals surface area contributed by atoms with Crippen LogP contribution in [0, 0.1) is 0 Å². The number of para-hydroxylation sites is 1. The largest absolute Gasteiger partial charge is 0.462 e. The normalized spacial score (nSPS) is 26.4. The number of nitrogen functional groups attached to an aromatic ring is 1. The van der Waals surface area contributed by atoms with Gasteiger partial charge in [0.15, 0.2) is 6.23 Å². The number of carbonyl (C=O) groups excluding carboxylic acids is 1. The van der Waals surface area contributed by atoms with Crippen molar-refractivity contribution in [3.63, 3.8) is 0 Å². The number of nitrogens with two attached hydrogens (primary N) is 1. The second kappa shape index (κ2) is 11.3. The van der Waals surface area contributed by atoms with E-state index >= 15 is 4.39 Å². The van der Waals surface area contributed by atoms with Crippen LogP contribution < -0.4 is 21.0 Å². The molecule has 0 spiro atoms. The average molecular weight is 547 g/mol. The zero-order valence-electron chi connectivity index (χ0n) is 19.7. The van der Waals surface area contributed by atoms with Gasteiger partial charge in [0.05, 0.1) is 6.10 Å². The van der Waals surface area contributed by atoms with Crippen molar-refractivity contribution in [2.24, 2.45) is 0 Å². The number of benzene rings is 1. The number of aliphatic hydroxyl groups is 2. The Labute approximate surface area is 211 Å². The fraction of sp³-hybridized carbons (Fsp3) is 0.476. The van der Waals surface area contributed by atoms with Crippen molar-refractivity contribution in [2.45, 2.75) is 57.2 Å². The Kier molecular flexibility index (Phi) is 8.83. The van der Waals surface area contributed by atoms with Crippen molar-refractivity contribution in [2.75, 3.05) is 12.3 Å². The minimum absolute atomic E-state index is 0.0888. The molecule has 3 rings (SSSR count). The van der Waals surface area contributed by atoms with Gasteiger partial charge in [-0.2, -0.15) is 4.98 Å². The summed E-state index contributed by atoms with van der Waals surface area (Å²) in [5.74, 6) is -3.46. The molecule has 1 saturated heterocycles. The Morgan fingerprint density at radius 1 is 1.33 bits per heavy atom. The Bertz CT molecular complexity index is 1170. The summed E-state index contributed by atoms with van der Waals surface area (Å²) in [6, 6.07) is 8.49. The molecule has 0 aliphatic carbocycles. The summed E-state index contributed by atoms with van der Waals surface area (Å²) in [6.45, 7) is 0.132. The number of nitrogens with one attached hydrogen (secondary N) is 1. The van der Waals surface area contributed by atoms with Crippen LogP contribution in [0.2, 0.25) is 0 Å². The molecule has 198 valence electrons. The van der Waals surface area contributed by atoms with E-state index in [-0.39, 0.29) is 11.6 Å². The monoisotopic (exact) mass is 546 g/mol. The molecule has 2 aromatic rings. The molecule has 1 aliphatic heterocycles. The lowest BCUT2D eigenvalue weighted by Crippen LogP contribution is -2.44. The summed E-state index contributed by atoms with van der Waals surface area (Å²) < 4.78 is 38.2. The van der Waals surface area contributed by atoms with Crippen LogP contribution in [0.25, 0.3) is 0 Å². The van der Waals surface area contributed by atoms with Crippen molar-refractivity contribution < 1.29 is 37.9 Å². The number of alkyl halides is 1.